The van der Waals surface area contributed by atoms with Crippen LogP contribution in [0.15, 0.2) is 45.4 Å². The average molecular weight is 396 g/mol. The highest BCUT2D eigenvalue weighted by Gasteiger charge is 2.15. The summed E-state index contributed by atoms with van der Waals surface area (Å²) in [5.74, 6) is 0.816. The summed E-state index contributed by atoms with van der Waals surface area (Å²) in [5.41, 5.74) is 6.89. The molecule has 126 valence electrons. The standard InChI is InChI=1S/C20H18BrN3O/c1-12-5-6-15(20-13(2)23-25-14(20)3)9-19(12)24(4)17-8-7-16(11-22)18(21)10-17/h5-10H,1-4H3. The highest BCUT2D eigenvalue weighted by Crippen LogP contribution is 2.35. The fourth-order valence-electron chi connectivity index (χ4n) is 2.96. The minimum atomic E-state index is 0.623. The van der Waals surface area contributed by atoms with E-state index in [1.807, 2.05) is 39.1 Å². The van der Waals surface area contributed by atoms with E-state index in [1.54, 1.807) is 0 Å². The normalized spacial score (nSPS) is 10.6. The van der Waals surface area contributed by atoms with Crippen molar-refractivity contribution in [1.29, 1.82) is 5.26 Å². The van der Waals surface area contributed by atoms with Crippen LogP contribution < -0.4 is 4.90 Å². The molecule has 1 heterocycles. The van der Waals surface area contributed by atoms with Crippen LogP contribution in [0.1, 0.15) is 22.6 Å². The summed E-state index contributed by atoms with van der Waals surface area (Å²) < 4.78 is 6.10. The molecular weight excluding hydrogens is 378 g/mol. The summed E-state index contributed by atoms with van der Waals surface area (Å²) in [5, 5.41) is 13.1. The van der Waals surface area contributed by atoms with Crippen LogP contribution in [0.3, 0.4) is 0 Å². The second-order valence-electron chi connectivity index (χ2n) is 6.04. The number of anilines is 2. The zero-order chi connectivity index (χ0) is 18.1. The second-order valence-corrected chi connectivity index (χ2v) is 6.89. The zero-order valence-electron chi connectivity index (χ0n) is 14.6. The number of halogens is 1. The van der Waals surface area contributed by atoms with Gasteiger partial charge in [0.2, 0.25) is 0 Å². The molecule has 0 radical (unpaired) electrons. The Morgan fingerprint density at radius 3 is 2.48 bits per heavy atom. The molecule has 0 unspecified atom stereocenters. The van der Waals surface area contributed by atoms with E-state index in [-0.39, 0.29) is 0 Å². The van der Waals surface area contributed by atoms with Crippen LogP contribution in [0.2, 0.25) is 0 Å². The van der Waals surface area contributed by atoms with Gasteiger partial charge in [-0.2, -0.15) is 5.26 Å². The first kappa shape index (κ1) is 17.2. The highest BCUT2D eigenvalue weighted by atomic mass is 79.9. The molecule has 0 aliphatic rings. The fraction of sp³-hybridized carbons (Fsp3) is 0.200. The van der Waals surface area contributed by atoms with Gasteiger partial charge in [0.25, 0.3) is 0 Å². The quantitative estimate of drug-likeness (QED) is 0.573. The minimum Gasteiger partial charge on any atom is -0.361 e. The molecule has 0 bridgehead atoms. The average Bonchev–Trinajstić information content (AvgIpc) is 2.93. The maximum Gasteiger partial charge on any atom is 0.141 e. The first-order chi connectivity index (χ1) is 11.9. The molecule has 0 atom stereocenters. The van der Waals surface area contributed by atoms with Crippen molar-refractivity contribution in [3.8, 4) is 17.2 Å². The summed E-state index contributed by atoms with van der Waals surface area (Å²) >= 11 is 3.46. The van der Waals surface area contributed by atoms with Crippen LogP contribution >= 0.6 is 15.9 Å². The molecule has 3 rings (SSSR count). The van der Waals surface area contributed by atoms with Gasteiger partial charge in [-0.25, -0.2) is 0 Å². The van der Waals surface area contributed by atoms with E-state index in [0.717, 1.165) is 38.4 Å². The summed E-state index contributed by atoms with van der Waals surface area (Å²) in [6.07, 6.45) is 0. The predicted octanol–water partition coefficient (Wildman–Crippen LogP) is 5.67. The molecule has 5 heteroatoms. The van der Waals surface area contributed by atoms with E-state index in [0.29, 0.717) is 5.56 Å². The van der Waals surface area contributed by atoms with Gasteiger partial charge in [0.05, 0.1) is 11.3 Å². The lowest BCUT2D eigenvalue weighted by Gasteiger charge is -2.23. The molecular formula is C20H18BrN3O. The number of hydrogen-bond acceptors (Lipinski definition) is 4. The topological polar surface area (TPSA) is 53.1 Å². The first-order valence-electron chi connectivity index (χ1n) is 7.89. The van der Waals surface area contributed by atoms with Crippen molar-refractivity contribution < 1.29 is 4.52 Å². The smallest absolute Gasteiger partial charge is 0.141 e. The van der Waals surface area contributed by atoms with E-state index in [4.69, 9.17) is 9.78 Å². The number of benzene rings is 2. The van der Waals surface area contributed by atoms with Gasteiger partial charge in [-0.1, -0.05) is 17.3 Å². The second kappa shape index (κ2) is 6.73. The molecule has 0 fully saturated rings. The van der Waals surface area contributed by atoms with E-state index in [2.05, 4.69) is 57.2 Å². The number of aryl methyl sites for hydroxylation is 3. The van der Waals surface area contributed by atoms with Crippen LogP contribution in [0, 0.1) is 32.1 Å². The van der Waals surface area contributed by atoms with Crippen LogP contribution in [-0.2, 0) is 0 Å². The summed E-state index contributed by atoms with van der Waals surface area (Å²) in [6, 6.07) is 14.2. The molecule has 1 aromatic heterocycles. The molecule has 2 aromatic carbocycles. The van der Waals surface area contributed by atoms with Crippen molar-refractivity contribution in [3.05, 3.63) is 63.5 Å². The maximum atomic E-state index is 9.09. The van der Waals surface area contributed by atoms with E-state index in [9.17, 15) is 0 Å². The van der Waals surface area contributed by atoms with Crippen LogP contribution in [0.4, 0.5) is 11.4 Å². The molecule has 3 aromatic rings. The molecule has 0 aliphatic heterocycles. The van der Waals surface area contributed by atoms with Gasteiger partial charge in [0, 0.05) is 28.5 Å². The Morgan fingerprint density at radius 2 is 1.88 bits per heavy atom. The third kappa shape index (κ3) is 3.18. The van der Waals surface area contributed by atoms with Gasteiger partial charge < -0.3 is 9.42 Å². The maximum absolute atomic E-state index is 9.09. The molecule has 0 N–H and O–H groups in total. The molecule has 0 aliphatic carbocycles. The number of hydrogen-bond donors (Lipinski definition) is 0. The number of rotatable bonds is 3. The number of nitriles is 1. The molecule has 4 nitrogen and oxygen atoms in total. The molecule has 0 amide bonds. The summed E-state index contributed by atoms with van der Waals surface area (Å²) in [7, 11) is 2.02. The van der Waals surface area contributed by atoms with E-state index < -0.39 is 0 Å². The van der Waals surface area contributed by atoms with Gasteiger partial charge in [0.1, 0.15) is 11.8 Å². The lowest BCUT2D eigenvalue weighted by atomic mass is 10.0. The van der Waals surface area contributed by atoms with Crippen molar-refractivity contribution in [1.82, 2.24) is 5.16 Å². The van der Waals surface area contributed by atoms with Gasteiger partial charge >= 0.3 is 0 Å². The Labute approximate surface area is 155 Å². The van der Waals surface area contributed by atoms with Gasteiger partial charge in [-0.15, -0.1) is 0 Å². The van der Waals surface area contributed by atoms with Crippen LogP contribution in [0.25, 0.3) is 11.1 Å². The Kier molecular flexibility index (Phi) is 4.65. The summed E-state index contributed by atoms with van der Waals surface area (Å²) in [4.78, 5) is 2.11. The van der Waals surface area contributed by atoms with Crippen molar-refractivity contribution in [3.63, 3.8) is 0 Å². The Morgan fingerprint density at radius 1 is 1.12 bits per heavy atom. The first-order valence-corrected chi connectivity index (χ1v) is 8.69. The number of nitrogens with zero attached hydrogens (tertiary/aromatic N) is 3. The largest absolute Gasteiger partial charge is 0.361 e. The Hall–Kier alpha value is -2.58. The monoisotopic (exact) mass is 395 g/mol. The van der Waals surface area contributed by atoms with Crippen molar-refractivity contribution in [2.45, 2.75) is 20.8 Å². The van der Waals surface area contributed by atoms with Crippen LogP contribution in [-0.4, -0.2) is 12.2 Å². The lowest BCUT2D eigenvalue weighted by Crippen LogP contribution is -2.11. The minimum absolute atomic E-state index is 0.623. The zero-order valence-corrected chi connectivity index (χ0v) is 16.2. The third-order valence-electron chi connectivity index (χ3n) is 4.35. The van der Waals surface area contributed by atoms with Gasteiger partial charge in [0.15, 0.2) is 0 Å². The molecule has 0 saturated carbocycles. The van der Waals surface area contributed by atoms with Crippen LogP contribution in [0.5, 0.6) is 0 Å². The van der Waals surface area contributed by atoms with Gasteiger partial charge in [-0.05, 0) is 72.1 Å². The lowest BCUT2D eigenvalue weighted by molar-refractivity contribution is 0.393. The molecule has 0 saturated heterocycles. The summed E-state index contributed by atoms with van der Waals surface area (Å²) in [6.45, 7) is 5.96. The van der Waals surface area contributed by atoms with E-state index >= 15 is 0 Å². The molecule has 25 heavy (non-hydrogen) atoms. The number of aromatic nitrogens is 1. The molecule has 0 spiro atoms. The van der Waals surface area contributed by atoms with Crippen molar-refractivity contribution in [2.24, 2.45) is 0 Å². The Balaban J connectivity index is 2.06. The SMILES string of the molecule is Cc1ccc(-c2c(C)noc2C)cc1N(C)c1ccc(C#N)c(Br)c1. The van der Waals surface area contributed by atoms with E-state index in [1.165, 1.54) is 5.56 Å². The van der Waals surface area contributed by atoms with Gasteiger partial charge in [-0.3, -0.25) is 0 Å². The predicted molar refractivity (Wildman–Crippen MR) is 103 cm³/mol. The van der Waals surface area contributed by atoms with Crippen molar-refractivity contribution in [2.75, 3.05) is 11.9 Å². The Bertz CT molecular complexity index is 966. The third-order valence-corrected chi connectivity index (χ3v) is 5.01. The highest BCUT2D eigenvalue weighted by molar-refractivity contribution is 9.10. The van der Waals surface area contributed by atoms with Crippen molar-refractivity contribution >= 4 is 27.3 Å². The fourth-order valence-corrected chi connectivity index (χ4v) is 3.42.